The van der Waals surface area contributed by atoms with Crippen molar-refractivity contribution in [2.24, 2.45) is 5.92 Å². The van der Waals surface area contributed by atoms with Crippen molar-refractivity contribution in [3.05, 3.63) is 42.2 Å². The van der Waals surface area contributed by atoms with Crippen LogP contribution in [0.1, 0.15) is 25.3 Å². The van der Waals surface area contributed by atoms with E-state index in [9.17, 15) is 22.0 Å². The average molecular weight is 395 g/mol. The molecular weight excluding hydrogens is 376 g/mol. The van der Waals surface area contributed by atoms with Crippen LogP contribution in [-0.2, 0) is 14.6 Å². The molecule has 1 aliphatic carbocycles. The van der Waals surface area contributed by atoms with Gasteiger partial charge in [-0.05, 0) is 31.0 Å². The van der Waals surface area contributed by atoms with E-state index in [-0.39, 0.29) is 23.3 Å². The number of aromatic nitrogens is 2. The highest BCUT2D eigenvalue weighted by Gasteiger charge is 2.41. The first-order chi connectivity index (χ1) is 12.8. The van der Waals surface area contributed by atoms with Crippen LogP contribution in [0.2, 0.25) is 0 Å². The summed E-state index contributed by atoms with van der Waals surface area (Å²) in [5.74, 6) is -2.10. The van der Waals surface area contributed by atoms with Crippen LogP contribution in [0, 0.1) is 17.6 Å². The Morgan fingerprint density at radius 1 is 1.19 bits per heavy atom. The summed E-state index contributed by atoms with van der Waals surface area (Å²) in [4.78, 5) is 16.5. The van der Waals surface area contributed by atoms with E-state index in [1.807, 2.05) is 0 Å². The molecule has 2 aromatic rings. The summed E-state index contributed by atoms with van der Waals surface area (Å²) in [6.45, 7) is 0. The molecule has 27 heavy (non-hydrogen) atoms. The SMILES string of the molecule is O=C(N[C@@H]1CS(=O)(=O)C[C@H]1n1ccnc1-c1ccc(F)c(F)c1)C1CCC1. The maximum Gasteiger partial charge on any atom is 0.223 e. The Kier molecular flexibility index (Phi) is 4.49. The smallest absolute Gasteiger partial charge is 0.223 e. The number of nitrogens with one attached hydrogen (secondary N) is 1. The lowest BCUT2D eigenvalue weighted by atomic mass is 9.84. The highest BCUT2D eigenvalue weighted by atomic mass is 32.2. The first-order valence-electron chi connectivity index (χ1n) is 8.83. The van der Waals surface area contributed by atoms with Crippen molar-refractivity contribution in [3.8, 4) is 11.4 Å². The Hall–Kier alpha value is -2.29. The number of benzene rings is 1. The topological polar surface area (TPSA) is 81.1 Å². The number of sulfone groups is 1. The molecule has 0 spiro atoms. The van der Waals surface area contributed by atoms with Crippen molar-refractivity contribution in [3.63, 3.8) is 0 Å². The highest BCUT2D eigenvalue weighted by molar-refractivity contribution is 7.91. The van der Waals surface area contributed by atoms with E-state index in [4.69, 9.17) is 0 Å². The zero-order valence-corrected chi connectivity index (χ0v) is 15.3. The molecule has 1 saturated carbocycles. The molecule has 1 saturated heterocycles. The quantitative estimate of drug-likeness (QED) is 0.860. The predicted octanol–water partition coefficient (Wildman–Crippen LogP) is 2.08. The Bertz CT molecular complexity index is 985. The monoisotopic (exact) mass is 395 g/mol. The summed E-state index contributed by atoms with van der Waals surface area (Å²) in [6, 6.07) is 2.29. The van der Waals surface area contributed by atoms with Crippen LogP contribution in [-0.4, -0.2) is 41.4 Å². The zero-order chi connectivity index (χ0) is 19.2. The van der Waals surface area contributed by atoms with Gasteiger partial charge in [0.1, 0.15) is 5.82 Å². The summed E-state index contributed by atoms with van der Waals surface area (Å²) in [6.07, 6.45) is 5.73. The van der Waals surface area contributed by atoms with E-state index in [2.05, 4.69) is 10.3 Å². The van der Waals surface area contributed by atoms with Crippen LogP contribution >= 0.6 is 0 Å². The molecule has 0 radical (unpaired) electrons. The third-order valence-corrected chi connectivity index (χ3v) is 7.05. The van der Waals surface area contributed by atoms with E-state index in [1.165, 1.54) is 12.3 Å². The van der Waals surface area contributed by atoms with Gasteiger partial charge in [-0.3, -0.25) is 4.79 Å². The summed E-state index contributed by atoms with van der Waals surface area (Å²) in [5.41, 5.74) is 0.340. The van der Waals surface area contributed by atoms with Crippen molar-refractivity contribution in [2.75, 3.05) is 11.5 Å². The van der Waals surface area contributed by atoms with Gasteiger partial charge >= 0.3 is 0 Å². The second kappa shape index (κ2) is 6.70. The van der Waals surface area contributed by atoms with Crippen LogP contribution in [0.5, 0.6) is 0 Å². The number of amides is 1. The maximum absolute atomic E-state index is 13.6. The van der Waals surface area contributed by atoms with Crippen LogP contribution < -0.4 is 5.32 Å². The van der Waals surface area contributed by atoms with Crippen molar-refractivity contribution >= 4 is 15.7 Å². The standard InChI is InChI=1S/C18H19F2N3O3S/c19-13-5-4-12(8-14(13)20)17-21-6-7-23(17)16-10-27(25,26)9-15(16)22-18(24)11-2-1-3-11/h4-8,11,15-16H,1-3,9-10H2,(H,22,24)/t15-,16-/m1/s1. The molecule has 2 fully saturated rings. The maximum atomic E-state index is 13.6. The van der Waals surface area contributed by atoms with Gasteiger partial charge in [0.05, 0.1) is 23.6 Å². The number of nitrogens with zero attached hydrogens (tertiary/aromatic N) is 2. The summed E-state index contributed by atoms with van der Waals surface area (Å²) in [7, 11) is -3.34. The molecule has 2 heterocycles. The second-order valence-corrected chi connectivity index (χ2v) is 9.33. The third-order valence-electron chi connectivity index (χ3n) is 5.33. The molecule has 1 N–H and O–H groups in total. The van der Waals surface area contributed by atoms with Gasteiger partial charge in [-0.2, -0.15) is 0 Å². The van der Waals surface area contributed by atoms with Gasteiger partial charge in [0.15, 0.2) is 21.5 Å². The lowest BCUT2D eigenvalue weighted by molar-refractivity contribution is -0.128. The van der Waals surface area contributed by atoms with Crippen molar-refractivity contribution in [1.82, 2.24) is 14.9 Å². The van der Waals surface area contributed by atoms with Crippen molar-refractivity contribution in [1.29, 1.82) is 0 Å². The minimum Gasteiger partial charge on any atom is -0.350 e. The molecular formula is C18H19F2N3O3S. The summed E-state index contributed by atoms with van der Waals surface area (Å²) in [5, 5.41) is 2.87. The second-order valence-electron chi connectivity index (χ2n) is 7.17. The number of hydrogen-bond acceptors (Lipinski definition) is 4. The van der Waals surface area contributed by atoms with E-state index in [1.54, 1.807) is 10.8 Å². The fraction of sp³-hybridized carbons (Fsp3) is 0.444. The summed E-state index contributed by atoms with van der Waals surface area (Å²) < 4.78 is 53.0. The van der Waals surface area contributed by atoms with Crippen LogP contribution in [0.25, 0.3) is 11.4 Å². The fourth-order valence-corrected chi connectivity index (χ4v) is 5.55. The Labute approximate surface area is 155 Å². The van der Waals surface area contributed by atoms with Gasteiger partial charge in [0.2, 0.25) is 5.91 Å². The van der Waals surface area contributed by atoms with Crippen LogP contribution in [0.3, 0.4) is 0 Å². The van der Waals surface area contributed by atoms with Gasteiger partial charge in [0, 0.05) is 23.9 Å². The number of carbonyl (C=O) groups is 1. The number of hydrogen-bond donors (Lipinski definition) is 1. The van der Waals surface area contributed by atoms with E-state index in [0.717, 1.165) is 31.4 Å². The predicted molar refractivity (Wildman–Crippen MR) is 94.5 cm³/mol. The first-order valence-corrected chi connectivity index (χ1v) is 10.7. The number of rotatable bonds is 4. The largest absolute Gasteiger partial charge is 0.350 e. The minimum atomic E-state index is -3.34. The Morgan fingerprint density at radius 3 is 2.63 bits per heavy atom. The molecule has 6 nitrogen and oxygen atoms in total. The first kappa shape index (κ1) is 18.1. The van der Waals surface area contributed by atoms with Gasteiger partial charge in [-0.15, -0.1) is 0 Å². The van der Waals surface area contributed by atoms with Crippen LogP contribution in [0.4, 0.5) is 8.78 Å². The fourth-order valence-electron chi connectivity index (χ4n) is 3.65. The Balaban J connectivity index is 1.65. The zero-order valence-electron chi connectivity index (χ0n) is 14.4. The van der Waals surface area contributed by atoms with E-state index in [0.29, 0.717) is 11.4 Å². The number of halogens is 2. The van der Waals surface area contributed by atoms with Crippen molar-refractivity contribution < 1.29 is 22.0 Å². The molecule has 4 rings (SSSR count). The molecule has 1 amide bonds. The van der Waals surface area contributed by atoms with Crippen LogP contribution in [0.15, 0.2) is 30.6 Å². The number of imidazole rings is 1. The normalized spacial score (nSPS) is 24.5. The molecule has 0 bridgehead atoms. The average Bonchev–Trinajstić information content (AvgIpc) is 3.12. The lowest BCUT2D eigenvalue weighted by Gasteiger charge is -2.28. The molecule has 1 aliphatic heterocycles. The summed E-state index contributed by atoms with van der Waals surface area (Å²) >= 11 is 0. The third kappa shape index (κ3) is 3.47. The minimum absolute atomic E-state index is 0.0533. The molecule has 1 aromatic carbocycles. The lowest BCUT2D eigenvalue weighted by Crippen LogP contribution is -2.45. The van der Waals surface area contributed by atoms with Gasteiger partial charge in [-0.1, -0.05) is 6.42 Å². The molecule has 0 unspecified atom stereocenters. The highest BCUT2D eigenvalue weighted by Crippen LogP contribution is 2.32. The molecule has 1 aromatic heterocycles. The van der Waals surface area contributed by atoms with Crippen molar-refractivity contribution in [2.45, 2.75) is 31.3 Å². The molecule has 9 heteroatoms. The molecule has 2 aliphatic rings. The van der Waals surface area contributed by atoms with Gasteiger partial charge in [-0.25, -0.2) is 22.2 Å². The van der Waals surface area contributed by atoms with Gasteiger partial charge < -0.3 is 9.88 Å². The van der Waals surface area contributed by atoms with Gasteiger partial charge in [0.25, 0.3) is 0 Å². The Morgan fingerprint density at radius 2 is 1.96 bits per heavy atom. The van der Waals surface area contributed by atoms with E-state index < -0.39 is 33.6 Å². The molecule has 144 valence electrons. The van der Waals surface area contributed by atoms with E-state index >= 15 is 0 Å². The number of carbonyl (C=O) groups excluding carboxylic acids is 1. The molecule has 2 atom stereocenters.